The molecule has 1 fully saturated rings. The first-order valence-electron chi connectivity index (χ1n) is 8.78. The lowest BCUT2D eigenvalue weighted by atomic mass is 10.1. The normalized spacial score (nSPS) is 16.0. The summed E-state index contributed by atoms with van der Waals surface area (Å²) in [4.78, 5) is 23.2. The maximum Gasteiger partial charge on any atom is 0.271 e. The molecular formula is C19H20FN5O. The van der Waals surface area contributed by atoms with Gasteiger partial charge in [0.1, 0.15) is 11.5 Å². The fourth-order valence-corrected chi connectivity index (χ4v) is 3.42. The van der Waals surface area contributed by atoms with E-state index in [0.29, 0.717) is 18.0 Å². The van der Waals surface area contributed by atoms with Crippen LogP contribution in [-0.4, -0.2) is 44.8 Å². The van der Waals surface area contributed by atoms with Crippen LogP contribution in [0.25, 0.3) is 5.78 Å². The summed E-state index contributed by atoms with van der Waals surface area (Å²) in [5.41, 5.74) is 1.34. The quantitative estimate of drug-likeness (QED) is 0.765. The zero-order chi connectivity index (χ0) is 17.9. The summed E-state index contributed by atoms with van der Waals surface area (Å²) in [7, 11) is 0. The molecule has 1 saturated heterocycles. The van der Waals surface area contributed by atoms with E-state index in [2.05, 4.69) is 20.2 Å². The van der Waals surface area contributed by atoms with E-state index in [1.807, 2.05) is 0 Å². The molecule has 0 bridgehead atoms. The number of halogens is 1. The maximum absolute atomic E-state index is 13.3. The number of carbonyl (C=O) groups is 1. The fourth-order valence-electron chi connectivity index (χ4n) is 3.42. The lowest BCUT2D eigenvalue weighted by Crippen LogP contribution is -2.37. The first-order chi connectivity index (χ1) is 12.7. The molecule has 4 rings (SSSR count). The summed E-state index contributed by atoms with van der Waals surface area (Å²) in [6.07, 6.45) is 7.40. The third-order valence-corrected chi connectivity index (χ3v) is 4.76. The topological polar surface area (TPSA) is 62.5 Å². The van der Waals surface area contributed by atoms with Gasteiger partial charge in [-0.1, -0.05) is 12.1 Å². The number of nitrogens with one attached hydrogen (secondary N) is 1. The van der Waals surface area contributed by atoms with Crippen molar-refractivity contribution in [2.45, 2.75) is 18.9 Å². The van der Waals surface area contributed by atoms with Crippen LogP contribution in [-0.2, 0) is 0 Å². The molecule has 1 atom stereocenters. The predicted molar refractivity (Wildman–Crippen MR) is 95.3 cm³/mol. The van der Waals surface area contributed by atoms with Gasteiger partial charge in [0.25, 0.3) is 5.91 Å². The average Bonchev–Trinajstić information content (AvgIpc) is 3.33. The van der Waals surface area contributed by atoms with Gasteiger partial charge >= 0.3 is 0 Å². The average molecular weight is 353 g/mol. The van der Waals surface area contributed by atoms with Gasteiger partial charge < -0.3 is 5.32 Å². The first-order valence-corrected chi connectivity index (χ1v) is 8.78. The number of nitrogens with zero attached hydrogens (tertiary/aromatic N) is 4. The largest absolute Gasteiger partial charge is 0.349 e. The number of benzene rings is 1. The van der Waals surface area contributed by atoms with Crippen molar-refractivity contribution in [3.63, 3.8) is 0 Å². The van der Waals surface area contributed by atoms with Crippen molar-refractivity contribution in [1.29, 1.82) is 0 Å². The van der Waals surface area contributed by atoms with Gasteiger partial charge in [0, 0.05) is 25.1 Å². The van der Waals surface area contributed by atoms with Crippen LogP contribution < -0.4 is 5.32 Å². The minimum absolute atomic E-state index is 0.0252. The van der Waals surface area contributed by atoms with E-state index in [1.54, 1.807) is 41.2 Å². The zero-order valence-corrected chi connectivity index (χ0v) is 14.3. The molecular weight excluding hydrogens is 333 g/mol. The smallest absolute Gasteiger partial charge is 0.271 e. The number of aromatic nitrogens is 3. The second kappa shape index (κ2) is 7.21. The fraction of sp³-hybridized carbons (Fsp3) is 0.316. The molecule has 0 unspecified atom stereocenters. The number of fused-ring (bicyclic) bond motifs is 1. The zero-order valence-electron chi connectivity index (χ0n) is 14.3. The van der Waals surface area contributed by atoms with Crippen molar-refractivity contribution in [2.75, 3.05) is 19.6 Å². The van der Waals surface area contributed by atoms with Crippen LogP contribution in [0, 0.1) is 5.82 Å². The van der Waals surface area contributed by atoms with Crippen molar-refractivity contribution in [1.82, 2.24) is 24.6 Å². The summed E-state index contributed by atoms with van der Waals surface area (Å²) in [6.45, 7) is 2.41. The highest BCUT2D eigenvalue weighted by Gasteiger charge is 2.24. The molecule has 0 spiro atoms. The van der Waals surface area contributed by atoms with Crippen LogP contribution in [0.3, 0.4) is 0 Å². The van der Waals surface area contributed by atoms with Crippen LogP contribution in [0.2, 0.25) is 0 Å². The van der Waals surface area contributed by atoms with Gasteiger partial charge in [0.15, 0.2) is 0 Å². The maximum atomic E-state index is 13.3. The molecule has 0 radical (unpaired) electrons. The molecule has 0 aliphatic carbocycles. The van der Waals surface area contributed by atoms with Crippen LogP contribution in [0.15, 0.2) is 48.9 Å². The number of carbonyl (C=O) groups excluding carboxylic acids is 1. The van der Waals surface area contributed by atoms with Crippen LogP contribution in [0.1, 0.15) is 34.9 Å². The van der Waals surface area contributed by atoms with E-state index in [1.165, 1.54) is 12.1 Å². The molecule has 1 aliphatic heterocycles. The number of likely N-dealkylation sites (tertiary alicyclic amines) is 1. The lowest BCUT2D eigenvalue weighted by Gasteiger charge is -2.28. The predicted octanol–water partition coefficient (Wildman–Crippen LogP) is 2.44. The highest BCUT2D eigenvalue weighted by Crippen LogP contribution is 2.25. The summed E-state index contributed by atoms with van der Waals surface area (Å²) in [5, 5.41) is 2.97. The Morgan fingerprint density at radius 1 is 1.23 bits per heavy atom. The van der Waals surface area contributed by atoms with Crippen molar-refractivity contribution >= 4 is 11.7 Å². The monoisotopic (exact) mass is 353 g/mol. The van der Waals surface area contributed by atoms with Crippen LogP contribution in [0.5, 0.6) is 0 Å². The first kappa shape index (κ1) is 16.7. The number of hydrogen-bond donors (Lipinski definition) is 1. The van der Waals surface area contributed by atoms with Crippen molar-refractivity contribution < 1.29 is 9.18 Å². The molecule has 3 heterocycles. The highest BCUT2D eigenvalue weighted by atomic mass is 19.1. The summed E-state index contributed by atoms with van der Waals surface area (Å²) in [5.74, 6) is 0.00393. The Morgan fingerprint density at radius 3 is 2.73 bits per heavy atom. The van der Waals surface area contributed by atoms with Gasteiger partial charge in [-0.05, 0) is 49.7 Å². The van der Waals surface area contributed by atoms with Gasteiger partial charge in [-0.15, -0.1) is 0 Å². The molecule has 1 aliphatic rings. The lowest BCUT2D eigenvalue weighted by molar-refractivity contribution is 0.0933. The molecule has 0 saturated carbocycles. The second-order valence-electron chi connectivity index (χ2n) is 6.47. The van der Waals surface area contributed by atoms with Crippen molar-refractivity contribution in [3.05, 3.63) is 66.0 Å². The molecule has 26 heavy (non-hydrogen) atoms. The van der Waals surface area contributed by atoms with E-state index >= 15 is 0 Å². The van der Waals surface area contributed by atoms with Crippen molar-refractivity contribution in [3.8, 4) is 0 Å². The molecule has 1 amide bonds. The Kier molecular flexibility index (Phi) is 4.62. The third kappa shape index (κ3) is 3.43. The Balaban J connectivity index is 1.50. The SMILES string of the molecule is O=C(NC[C@@H](c1ccc(F)cc1)N1CCCC1)c1cn2cccnc2n1. The summed E-state index contributed by atoms with van der Waals surface area (Å²) >= 11 is 0. The van der Waals surface area contributed by atoms with E-state index in [9.17, 15) is 9.18 Å². The molecule has 2 aromatic heterocycles. The molecule has 1 N–H and O–H groups in total. The second-order valence-corrected chi connectivity index (χ2v) is 6.47. The van der Waals surface area contributed by atoms with Crippen LogP contribution >= 0.6 is 0 Å². The van der Waals surface area contributed by atoms with Crippen molar-refractivity contribution in [2.24, 2.45) is 0 Å². The highest BCUT2D eigenvalue weighted by molar-refractivity contribution is 5.92. The van der Waals surface area contributed by atoms with E-state index in [4.69, 9.17) is 0 Å². The Labute approximate surface area is 150 Å². The third-order valence-electron chi connectivity index (χ3n) is 4.76. The standard InChI is InChI=1S/C19H20FN5O/c20-15-6-4-14(5-7-15)17(24-9-1-2-10-24)12-22-18(26)16-13-25-11-3-8-21-19(25)23-16/h3-8,11,13,17H,1-2,9-10,12H2,(H,22,26)/t17-/m0/s1. The van der Waals surface area contributed by atoms with E-state index < -0.39 is 0 Å². The Bertz CT molecular complexity index is 869. The molecule has 1 aromatic carbocycles. The number of amides is 1. The van der Waals surface area contributed by atoms with Gasteiger partial charge in [0.05, 0.1) is 6.04 Å². The molecule has 6 nitrogen and oxygen atoms in total. The Morgan fingerprint density at radius 2 is 2.00 bits per heavy atom. The van der Waals surface area contributed by atoms with Gasteiger partial charge in [-0.25, -0.2) is 14.4 Å². The summed E-state index contributed by atoms with van der Waals surface area (Å²) in [6, 6.07) is 8.33. The van der Waals surface area contributed by atoms with E-state index in [0.717, 1.165) is 31.5 Å². The van der Waals surface area contributed by atoms with Gasteiger partial charge in [-0.3, -0.25) is 14.1 Å². The van der Waals surface area contributed by atoms with E-state index in [-0.39, 0.29) is 17.8 Å². The molecule has 3 aromatic rings. The molecule has 134 valence electrons. The van der Waals surface area contributed by atoms with Crippen LogP contribution in [0.4, 0.5) is 4.39 Å². The molecule has 7 heteroatoms. The Hall–Kier alpha value is -2.80. The summed E-state index contributed by atoms with van der Waals surface area (Å²) < 4.78 is 15.0. The number of imidazole rings is 1. The minimum Gasteiger partial charge on any atom is -0.349 e. The number of hydrogen-bond acceptors (Lipinski definition) is 4. The van der Waals surface area contributed by atoms with Gasteiger partial charge in [-0.2, -0.15) is 0 Å². The van der Waals surface area contributed by atoms with Gasteiger partial charge in [0.2, 0.25) is 5.78 Å². The minimum atomic E-state index is -0.254. The number of rotatable bonds is 5.